The zero-order valence-electron chi connectivity index (χ0n) is 20.7. The predicted octanol–water partition coefficient (Wildman–Crippen LogP) is 4.77. The minimum absolute atomic E-state index is 0.420. The molecule has 0 aliphatic carbocycles. The second kappa shape index (κ2) is 8.78. The number of H-pyrrole nitrogens is 1. The smallest absolute Gasteiger partial charge is 0.333 e. The number of imidazole rings is 1. The second-order valence-corrected chi connectivity index (χ2v) is 9.44. The number of hydrogen-bond acceptors (Lipinski definition) is 6. The molecule has 0 atom stereocenters. The van der Waals surface area contributed by atoms with Crippen LogP contribution in [0.2, 0.25) is 0 Å². The number of para-hydroxylation sites is 1. The first-order valence-corrected chi connectivity index (χ1v) is 12.4. The fraction of sp³-hybridized carbons (Fsp3) is 0.286. The first-order chi connectivity index (χ1) is 17.5. The van der Waals surface area contributed by atoms with Crippen molar-refractivity contribution in [2.75, 3.05) is 4.90 Å². The van der Waals surface area contributed by atoms with E-state index in [-0.39, 0.29) is 0 Å². The van der Waals surface area contributed by atoms with Gasteiger partial charge in [0.15, 0.2) is 11.5 Å². The molecule has 182 valence electrons. The average molecular weight is 481 g/mol. The Labute approximate surface area is 208 Å². The molecule has 4 heterocycles. The maximum atomic E-state index is 11.6. The van der Waals surface area contributed by atoms with Crippen LogP contribution in [0.25, 0.3) is 11.2 Å². The van der Waals surface area contributed by atoms with E-state index in [1.807, 2.05) is 13.0 Å². The van der Waals surface area contributed by atoms with Crippen LogP contribution in [0.3, 0.4) is 0 Å². The number of benzene rings is 2. The van der Waals surface area contributed by atoms with E-state index in [2.05, 4.69) is 75.9 Å². The summed E-state index contributed by atoms with van der Waals surface area (Å²) in [5, 5.41) is 3.91. The van der Waals surface area contributed by atoms with Crippen LogP contribution in [-0.4, -0.2) is 24.7 Å². The minimum Gasteiger partial charge on any atom is -0.333 e. The Kier molecular flexibility index (Phi) is 5.44. The first kappa shape index (κ1) is 22.3. The van der Waals surface area contributed by atoms with Crippen molar-refractivity contribution in [3.8, 4) is 0 Å². The molecule has 0 unspecified atom stereocenters. The van der Waals surface area contributed by atoms with Crippen molar-refractivity contribution in [1.29, 1.82) is 0 Å². The van der Waals surface area contributed by atoms with Gasteiger partial charge in [0.25, 0.3) is 0 Å². The van der Waals surface area contributed by atoms with E-state index in [1.54, 1.807) is 0 Å². The molecule has 0 spiro atoms. The lowest BCUT2D eigenvalue weighted by Gasteiger charge is -2.26. The van der Waals surface area contributed by atoms with Gasteiger partial charge in [-0.25, -0.2) is 14.8 Å². The molecule has 0 saturated carbocycles. The number of aromatic amines is 1. The molecule has 0 fully saturated rings. The van der Waals surface area contributed by atoms with Crippen LogP contribution in [0.5, 0.6) is 0 Å². The van der Waals surface area contributed by atoms with Gasteiger partial charge in [0.1, 0.15) is 11.3 Å². The molecule has 36 heavy (non-hydrogen) atoms. The molecule has 3 aromatic heterocycles. The van der Waals surface area contributed by atoms with Gasteiger partial charge in [-0.3, -0.25) is 9.51 Å². The number of aromatic nitrogens is 5. The normalized spacial score (nSPS) is 13.0. The van der Waals surface area contributed by atoms with Crippen molar-refractivity contribution in [3.05, 3.63) is 98.7 Å². The lowest BCUT2D eigenvalue weighted by molar-refractivity contribution is 0.381. The van der Waals surface area contributed by atoms with Gasteiger partial charge in [0.05, 0.1) is 13.1 Å². The van der Waals surface area contributed by atoms with Gasteiger partial charge in [-0.1, -0.05) is 42.4 Å². The summed E-state index contributed by atoms with van der Waals surface area (Å²) in [5.74, 6) is 1.01. The van der Waals surface area contributed by atoms with Crippen LogP contribution in [-0.2, 0) is 32.4 Å². The molecule has 2 aromatic carbocycles. The van der Waals surface area contributed by atoms with Crippen molar-refractivity contribution in [3.63, 3.8) is 0 Å². The molecule has 8 nitrogen and oxygen atoms in total. The molecule has 0 bridgehead atoms. The van der Waals surface area contributed by atoms with Crippen molar-refractivity contribution >= 4 is 22.5 Å². The molecule has 5 aromatic rings. The topological polar surface area (TPSA) is 92.8 Å². The van der Waals surface area contributed by atoms with Crippen molar-refractivity contribution in [2.24, 2.45) is 0 Å². The molecule has 0 radical (unpaired) electrons. The second-order valence-electron chi connectivity index (χ2n) is 9.44. The van der Waals surface area contributed by atoms with Crippen LogP contribution < -0.4 is 10.7 Å². The number of nitrogens with zero attached hydrogens (tertiary/aromatic N) is 5. The molecule has 0 saturated heterocycles. The number of hydrogen-bond donors (Lipinski definition) is 1. The Morgan fingerprint density at radius 1 is 0.972 bits per heavy atom. The molecule has 6 rings (SSSR count). The highest BCUT2D eigenvalue weighted by Gasteiger charge is 2.23. The molecule has 8 heteroatoms. The highest BCUT2D eigenvalue weighted by atomic mass is 16.5. The zero-order chi connectivity index (χ0) is 24.8. The van der Waals surface area contributed by atoms with Gasteiger partial charge >= 0.3 is 5.76 Å². The maximum Gasteiger partial charge on any atom is 0.438 e. The largest absolute Gasteiger partial charge is 0.438 e. The first-order valence-electron chi connectivity index (χ1n) is 12.4. The molecular weight excluding hydrogens is 452 g/mol. The summed E-state index contributed by atoms with van der Waals surface area (Å²) in [6.45, 7) is 7.41. The van der Waals surface area contributed by atoms with E-state index in [1.165, 1.54) is 16.7 Å². The summed E-state index contributed by atoms with van der Waals surface area (Å²) in [6.07, 6.45) is 2.71. The Bertz CT molecular complexity index is 1640. The summed E-state index contributed by atoms with van der Waals surface area (Å²) in [6, 6.07) is 17.2. The van der Waals surface area contributed by atoms with E-state index in [0.717, 1.165) is 58.9 Å². The van der Waals surface area contributed by atoms with Crippen LogP contribution in [0.1, 0.15) is 46.5 Å². The van der Waals surface area contributed by atoms with Gasteiger partial charge in [0.2, 0.25) is 0 Å². The van der Waals surface area contributed by atoms with Gasteiger partial charge in [0, 0.05) is 23.5 Å². The third-order valence-electron chi connectivity index (χ3n) is 6.93. The number of nitrogens with one attached hydrogen (secondary N) is 1. The summed E-state index contributed by atoms with van der Waals surface area (Å²) in [5.41, 5.74) is 10.1. The Morgan fingerprint density at radius 2 is 1.78 bits per heavy atom. The molecular formula is C28H28N6O2. The highest BCUT2D eigenvalue weighted by molar-refractivity contribution is 5.76. The maximum absolute atomic E-state index is 11.6. The van der Waals surface area contributed by atoms with Crippen LogP contribution in [0.4, 0.5) is 11.4 Å². The number of rotatable bonds is 5. The van der Waals surface area contributed by atoms with Crippen LogP contribution in [0.15, 0.2) is 57.8 Å². The standard InChI is InChI=1S/C28H28N6O2/c1-4-25-31-26-17(2)13-18(3)29-27(26)34(25)15-19-9-12-23-21(14-19)11-10-20-7-5-6-8-22(20)33(23)16-24-30-28(35)36-32-24/h5-9,12-14H,4,10-11,15-16H2,1-3H3,(H,30,32,35). The minimum atomic E-state index is -0.540. The summed E-state index contributed by atoms with van der Waals surface area (Å²) >= 11 is 0. The Balaban J connectivity index is 1.41. The average Bonchev–Trinajstić information content (AvgIpc) is 3.40. The van der Waals surface area contributed by atoms with Gasteiger partial charge in [-0.15, -0.1) is 0 Å². The number of aryl methyl sites for hydroxylation is 5. The third-order valence-corrected chi connectivity index (χ3v) is 6.93. The van der Waals surface area contributed by atoms with E-state index in [0.29, 0.717) is 18.9 Å². The summed E-state index contributed by atoms with van der Waals surface area (Å²) in [4.78, 5) is 26.2. The lowest BCUT2D eigenvalue weighted by atomic mass is 10.0. The van der Waals surface area contributed by atoms with Crippen molar-refractivity contribution in [2.45, 2.75) is 53.1 Å². The Hall–Kier alpha value is -4.20. The van der Waals surface area contributed by atoms with Crippen molar-refractivity contribution < 1.29 is 4.52 Å². The zero-order valence-corrected chi connectivity index (χ0v) is 20.7. The molecule has 0 amide bonds. The van der Waals surface area contributed by atoms with Gasteiger partial charge in [-0.05, 0) is 67.1 Å². The number of pyridine rings is 1. The quantitative estimate of drug-likeness (QED) is 0.389. The Morgan fingerprint density at radius 3 is 2.58 bits per heavy atom. The third kappa shape index (κ3) is 3.88. The van der Waals surface area contributed by atoms with E-state index in [9.17, 15) is 4.79 Å². The van der Waals surface area contributed by atoms with E-state index < -0.39 is 5.76 Å². The monoisotopic (exact) mass is 480 g/mol. The fourth-order valence-corrected chi connectivity index (χ4v) is 5.30. The van der Waals surface area contributed by atoms with E-state index >= 15 is 0 Å². The van der Waals surface area contributed by atoms with Crippen LogP contribution >= 0.6 is 0 Å². The van der Waals surface area contributed by atoms with Crippen molar-refractivity contribution in [1.82, 2.24) is 24.7 Å². The number of anilines is 2. The SMILES string of the molecule is CCc1nc2c(C)cc(C)nc2n1Cc1ccc2c(c1)CCc1ccccc1N2Cc1noc(=O)[nH]1. The van der Waals surface area contributed by atoms with Crippen LogP contribution in [0, 0.1) is 13.8 Å². The van der Waals surface area contributed by atoms with Gasteiger partial charge < -0.3 is 9.47 Å². The van der Waals surface area contributed by atoms with Gasteiger partial charge in [-0.2, -0.15) is 0 Å². The lowest BCUT2D eigenvalue weighted by Crippen LogP contribution is -2.19. The molecule has 1 aliphatic heterocycles. The van der Waals surface area contributed by atoms with E-state index in [4.69, 9.17) is 14.5 Å². The predicted molar refractivity (Wildman–Crippen MR) is 139 cm³/mol. The molecule has 1 aliphatic rings. The summed E-state index contributed by atoms with van der Waals surface area (Å²) in [7, 11) is 0. The number of fused-ring (bicyclic) bond motifs is 3. The fourth-order valence-electron chi connectivity index (χ4n) is 5.30. The summed E-state index contributed by atoms with van der Waals surface area (Å²) < 4.78 is 7.01. The molecule has 1 N–H and O–H groups in total. The highest BCUT2D eigenvalue weighted by Crippen LogP contribution is 2.37.